The zero-order chi connectivity index (χ0) is 16.8. The van der Waals surface area contributed by atoms with Crippen LogP contribution in [0.2, 0.25) is 0 Å². The van der Waals surface area contributed by atoms with Crippen LogP contribution in [-0.4, -0.2) is 39.8 Å². The van der Waals surface area contributed by atoms with E-state index in [4.69, 9.17) is 4.74 Å². The monoisotopic (exact) mass is 324 g/mol. The van der Waals surface area contributed by atoms with Crippen molar-refractivity contribution in [2.24, 2.45) is 0 Å². The summed E-state index contributed by atoms with van der Waals surface area (Å²) in [5.41, 5.74) is 1.75. The smallest absolute Gasteiger partial charge is 0.410 e. The Balaban J connectivity index is 1.62. The van der Waals surface area contributed by atoms with Gasteiger partial charge in [0.05, 0.1) is 24.4 Å². The van der Waals surface area contributed by atoms with Gasteiger partial charge < -0.3 is 9.84 Å². The van der Waals surface area contributed by atoms with Crippen molar-refractivity contribution in [3.05, 3.63) is 72.1 Å². The Morgan fingerprint density at radius 3 is 2.79 bits per heavy atom. The number of hydrogen-bond donors (Lipinski definition) is 1. The number of amides is 1. The van der Waals surface area contributed by atoms with Crippen molar-refractivity contribution in [2.45, 2.75) is 25.2 Å². The standard InChI is InChI=1S/C19H20N2O3/c22-18-12-17(10-9-16-8-4-5-11-20-16)21(13-18)19(23)24-14-15-6-2-1-3-7-15/h1-11,17-18,22H,12-14H2/t17-,18-/m1/s1. The number of aliphatic hydroxyl groups is 1. The summed E-state index contributed by atoms with van der Waals surface area (Å²) >= 11 is 0. The summed E-state index contributed by atoms with van der Waals surface area (Å²) in [6.45, 7) is 0.508. The molecule has 2 aromatic rings. The van der Waals surface area contributed by atoms with E-state index in [0.29, 0.717) is 6.42 Å². The summed E-state index contributed by atoms with van der Waals surface area (Å²) in [5.74, 6) is 0. The molecule has 5 nitrogen and oxygen atoms in total. The van der Waals surface area contributed by atoms with E-state index in [0.717, 1.165) is 11.3 Å². The molecule has 124 valence electrons. The Labute approximate surface area is 141 Å². The molecule has 0 saturated carbocycles. The predicted molar refractivity (Wildman–Crippen MR) is 91.0 cm³/mol. The van der Waals surface area contributed by atoms with Gasteiger partial charge >= 0.3 is 6.09 Å². The first kappa shape index (κ1) is 16.2. The maximum Gasteiger partial charge on any atom is 0.410 e. The molecule has 2 atom stereocenters. The van der Waals surface area contributed by atoms with E-state index in [2.05, 4.69) is 4.98 Å². The molecule has 1 N–H and O–H groups in total. The number of hydrogen-bond acceptors (Lipinski definition) is 4. The summed E-state index contributed by atoms with van der Waals surface area (Å²) < 4.78 is 5.37. The van der Waals surface area contributed by atoms with Crippen LogP contribution in [0.4, 0.5) is 4.79 Å². The molecule has 3 rings (SSSR count). The fourth-order valence-corrected chi connectivity index (χ4v) is 2.72. The van der Waals surface area contributed by atoms with E-state index < -0.39 is 12.2 Å². The molecule has 5 heteroatoms. The van der Waals surface area contributed by atoms with E-state index in [1.807, 2.05) is 60.7 Å². The Morgan fingerprint density at radius 2 is 2.04 bits per heavy atom. The minimum absolute atomic E-state index is 0.190. The number of rotatable bonds is 4. The first-order valence-electron chi connectivity index (χ1n) is 7.97. The largest absolute Gasteiger partial charge is 0.445 e. The Hall–Kier alpha value is -2.66. The van der Waals surface area contributed by atoms with E-state index >= 15 is 0 Å². The van der Waals surface area contributed by atoms with Gasteiger partial charge in [0.1, 0.15) is 6.61 Å². The highest BCUT2D eigenvalue weighted by Gasteiger charge is 2.33. The molecule has 1 aromatic carbocycles. The van der Waals surface area contributed by atoms with Crippen LogP contribution in [0.25, 0.3) is 6.08 Å². The molecule has 24 heavy (non-hydrogen) atoms. The highest BCUT2D eigenvalue weighted by atomic mass is 16.6. The van der Waals surface area contributed by atoms with Crippen LogP contribution in [0.1, 0.15) is 17.7 Å². The molecule has 1 aliphatic heterocycles. The van der Waals surface area contributed by atoms with Crippen LogP contribution in [-0.2, 0) is 11.3 Å². The molecule has 0 bridgehead atoms. The minimum atomic E-state index is -0.535. The molecule has 1 aromatic heterocycles. The maximum absolute atomic E-state index is 12.3. The van der Waals surface area contributed by atoms with Crippen molar-refractivity contribution in [1.82, 2.24) is 9.88 Å². The second-order valence-electron chi connectivity index (χ2n) is 5.76. The van der Waals surface area contributed by atoms with Crippen molar-refractivity contribution in [3.8, 4) is 0 Å². The lowest BCUT2D eigenvalue weighted by atomic mass is 10.1. The normalized spacial score (nSPS) is 20.5. The van der Waals surface area contributed by atoms with Gasteiger partial charge in [-0.3, -0.25) is 9.88 Å². The van der Waals surface area contributed by atoms with Crippen LogP contribution in [0, 0.1) is 0 Å². The number of carbonyl (C=O) groups excluding carboxylic acids is 1. The number of ether oxygens (including phenoxy) is 1. The van der Waals surface area contributed by atoms with Crippen LogP contribution < -0.4 is 0 Å². The summed E-state index contributed by atoms with van der Waals surface area (Å²) in [7, 11) is 0. The van der Waals surface area contributed by atoms with Crippen molar-refractivity contribution >= 4 is 12.2 Å². The molecule has 0 unspecified atom stereocenters. The number of nitrogens with zero attached hydrogens (tertiary/aromatic N) is 2. The Kier molecular flexibility index (Phi) is 5.23. The molecule has 1 saturated heterocycles. The summed E-state index contributed by atoms with van der Waals surface area (Å²) in [4.78, 5) is 18.1. The first-order chi connectivity index (χ1) is 11.7. The highest BCUT2D eigenvalue weighted by Crippen LogP contribution is 2.21. The van der Waals surface area contributed by atoms with Gasteiger partial charge in [0.15, 0.2) is 0 Å². The topological polar surface area (TPSA) is 62.7 Å². The zero-order valence-corrected chi connectivity index (χ0v) is 13.3. The SMILES string of the molecule is O=C(OCc1ccccc1)N1C[C@H](O)C[C@H]1C=Cc1ccccn1. The maximum atomic E-state index is 12.3. The lowest BCUT2D eigenvalue weighted by Gasteiger charge is -2.21. The third-order valence-electron chi connectivity index (χ3n) is 3.94. The number of carbonyl (C=O) groups is 1. The molecule has 1 fully saturated rings. The average molecular weight is 324 g/mol. The van der Waals surface area contributed by atoms with Gasteiger partial charge in [-0.25, -0.2) is 4.79 Å². The zero-order valence-electron chi connectivity index (χ0n) is 13.3. The molecule has 1 aliphatic rings. The quantitative estimate of drug-likeness (QED) is 0.939. The van der Waals surface area contributed by atoms with Crippen molar-refractivity contribution in [3.63, 3.8) is 0 Å². The van der Waals surface area contributed by atoms with Crippen molar-refractivity contribution < 1.29 is 14.6 Å². The van der Waals surface area contributed by atoms with E-state index in [1.54, 1.807) is 11.1 Å². The predicted octanol–water partition coefficient (Wildman–Crippen LogP) is 2.87. The number of β-amino-alcohol motifs (C(OH)–C–C–N with tert-alkyl or cyclic N) is 1. The van der Waals surface area contributed by atoms with Crippen molar-refractivity contribution in [1.29, 1.82) is 0 Å². The van der Waals surface area contributed by atoms with Gasteiger partial charge in [-0.05, 0) is 30.2 Å². The van der Waals surface area contributed by atoms with Crippen LogP contribution in [0.5, 0.6) is 0 Å². The van der Waals surface area contributed by atoms with Gasteiger partial charge in [0, 0.05) is 6.20 Å². The van der Waals surface area contributed by atoms with Crippen LogP contribution >= 0.6 is 0 Å². The van der Waals surface area contributed by atoms with Gasteiger partial charge in [-0.15, -0.1) is 0 Å². The van der Waals surface area contributed by atoms with Gasteiger partial charge in [0.2, 0.25) is 0 Å². The molecule has 0 aliphatic carbocycles. The van der Waals surface area contributed by atoms with E-state index in [9.17, 15) is 9.90 Å². The Bertz CT molecular complexity index is 688. The van der Waals surface area contributed by atoms with Crippen LogP contribution in [0.3, 0.4) is 0 Å². The van der Waals surface area contributed by atoms with Crippen molar-refractivity contribution in [2.75, 3.05) is 6.54 Å². The van der Waals surface area contributed by atoms with E-state index in [1.165, 1.54) is 0 Å². The minimum Gasteiger partial charge on any atom is -0.445 e. The number of benzene rings is 1. The molecule has 2 heterocycles. The molecular formula is C19H20N2O3. The number of pyridine rings is 1. The third-order valence-corrected chi connectivity index (χ3v) is 3.94. The van der Waals surface area contributed by atoms with Gasteiger partial charge in [0.25, 0.3) is 0 Å². The highest BCUT2D eigenvalue weighted by molar-refractivity contribution is 5.69. The summed E-state index contributed by atoms with van der Waals surface area (Å²) in [6, 6.07) is 15.0. The summed E-state index contributed by atoms with van der Waals surface area (Å²) in [5, 5.41) is 9.90. The van der Waals surface area contributed by atoms with Gasteiger partial charge in [-0.1, -0.05) is 42.5 Å². The summed E-state index contributed by atoms with van der Waals surface area (Å²) in [6.07, 6.45) is 5.03. The second-order valence-corrected chi connectivity index (χ2v) is 5.76. The number of likely N-dealkylation sites (tertiary alicyclic amines) is 1. The first-order valence-corrected chi connectivity index (χ1v) is 7.97. The number of aromatic nitrogens is 1. The fraction of sp³-hybridized carbons (Fsp3) is 0.263. The average Bonchev–Trinajstić information content (AvgIpc) is 3.00. The fourth-order valence-electron chi connectivity index (χ4n) is 2.72. The molecule has 0 radical (unpaired) electrons. The molecule has 1 amide bonds. The lowest BCUT2D eigenvalue weighted by Crippen LogP contribution is -2.35. The lowest BCUT2D eigenvalue weighted by molar-refractivity contribution is 0.0920. The number of aliphatic hydroxyl groups excluding tert-OH is 1. The second kappa shape index (κ2) is 7.75. The molecule has 0 spiro atoms. The van der Waals surface area contributed by atoms with E-state index in [-0.39, 0.29) is 19.2 Å². The third kappa shape index (κ3) is 4.20. The molecular weight excluding hydrogens is 304 g/mol. The Morgan fingerprint density at radius 1 is 1.25 bits per heavy atom. The van der Waals surface area contributed by atoms with Gasteiger partial charge in [-0.2, -0.15) is 0 Å². The van der Waals surface area contributed by atoms with Crippen LogP contribution in [0.15, 0.2) is 60.8 Å².